The molecule has 0 N–H and O–H groups in total. The maximum atomic E-state index is 6.41. The Kier molecular flexibility index (Phi) is 3.74. The lowest BCUT2D eigenvalue weighted by molar-refractivity contribution is -0.273. The van der Waals surface area contributed by atoms with Crippen molar-refractivity contribution < 1.29 is 0 Å². The van der Waals surface area contributed by atoms with Crippen LogP contribution in [-0.4, -0.2) is 4.32 Å². The van der Waals surface area contributed by atoms with Crippen LogP contribution in [0.2, 0.25) is 0 Å². The summed E-state index contributed by atoms with van der Waals surface area (Å²) in [5, 5.41) is 0. The van der Waals surface area contributed by atoms with Crippen LogP contribution >= 0.6 is 15.9 Å². The third kappa shape index (κ3) is 2.47. The van der Waals surface area contributed by atoms with Gasteiger partial charge in [0, 0.05) is 15.2 Å². The molecule has 35 heavy (non-hydrogen) atoms. The topological polar surface area (TPSA) is 0 Å². The van der Waals surface area contributed by atoms with Crippen molar-refractivity contribution in [2.75, 3.05) is 0 Å². The molecule has 12 aliphatic carbocycles. The third-order valence-electron chi connectivity index (χ3n) is 15.0. The van der Waals surface area contributed by atoms with Crippen molar-refractivity contribution in [3.05, 3.63) is 0 Å². The molecule has 12 aliphatic rings. The summed E-state index contributed by atoms with van der Waals surface area (Å²) in [5.74, 6) is 11.7. The fraction of sp³-hybridized carbons (Fsp3) is 0.882. The first-order valence-electron chi connectivity index (χ1n) is 15.3. The highest BCUT2D eigenvalue weighted by atomic mass is 79.9. The third-order valence-corrected chi connectivity index (χ3v) is 15.9. The summed E-state index contributed by atoms with van der Waals surface area (Å²) >= 11 is 4.39. The molecule has 12 rings (SSSR count). The Labute approximate surface area is 222 Å². The quantitative estimate of drug-likeness (QED) is 0.247. The summed E-state index contributed by atoms with van der Waals surface area (Å²) in [4.78, 5) is 0. The van der Waals surface area contributed by atoms with Crippen LogP contribution in [0.3, 0.4) is 0 Å². The standard InChI is InChI=1S/C34H43Br/c1-3-28-7-23-5-24(8-28)11-30(10-23,18-28)31-12-25-6-26(13-31)15-32(14-25,21-31)33-16-27-9-29(4-2,19-33)20-34(35,17-27)22-33/h1-2,23-27H,5-22H2. The largest absolute Gasteiger partial charge is 0.120 e. The normalized spacial score (nSPS) is 66.5. The van der Waals surface area contributed by atoms with Crippen LogP contribution in [0.25, 0.3) is 0 Å². The molecule has 12 bridgehead atoms. The number of alkyl halides is 1. The summed E-state index contributed by atoms with van der Waals surface area (Å²) < 4.78 is 0.337. The van der Waals surface area contributed by atoms with Crippen molar-refractivity contribution in [3.63, 3.8) is 0 Å². The van der Waals surface area contributed by atoms with E-state index in [0.717, 1.165) is 29.6 Å². The molecule has 0 spiro atoms. The van der Waals surface area contributed by atoms with Gasteiger partial charge in [-0.15, -0.1) is 12.8 Å². The van der Waals surface area contributed by atoms with E-state index in [1.165, 1.54) is 77.0 Å². The molecule has 0 radical (unpaired) electrons. The summed E-state index contributed by atoms with van der Waals surface area (Å²) in [7, 11) is 0. The number of rotatable bonds is 2. The van der Waals surface area contributed by atoms with Gasteiger partial charge in [0.2, 0.25) is 0 Å². The van der Waals surface area contributed by atoms with Crippen LogP contribution in [0.1, 0.15) is 116 Å². The van der Waals surface area contributed by atoms with E-state index < -0.39 is 0 Å². The molecule has 12 saturated carbocycles. The van der Waals surface area contributed by atoms with E-state index in [9.17, 15) is 0 Å². The molecule has 0 aliphatic heterocycles. The molecule has 0 amide bonds. The summed E-state index contributed by atoms with van der Waals surface area (Å²) in [5.41, 5.74) is 2.71. The lowest BCUT2D eigenvalue weighted by Crippen LogP contribution is -2.70. The number of terminal acetylenes is 2. The van der Waals surface area contributed by atoms with E-state index in [1.807, 2.05) is 0 Å². The van der Waals surface area contributed by atoms with Gasteiger partial charge in [0.15, 0.2) is 0 Å². The Balaban J connectivity index is 1.17. The molecule has 12 fully saturated rings. The minimum absolute atomic E-state index is 0.188. The van der Waals surface area contributed by atoms with Crippen LogP contribution < -0.4 is 0 Å². The van der Waals surface area contributed by atoms with E-state index in [2.05, 4.69) is 27.8 Å². The zero-order valence-corrected chi connectivity index (χ0v) is 23.2. The van der Waals surface area contributed by atoms with Gasteiger partial charge in [-0.3, -0.25) is 0 Å². The van der Waals surface area contributed by atoms with Gasteiger partial charge in [-0.25, -0.2) is 0 Å². The van der Waals surface area contributed by atoms with Gasteiger partial charge >= 0.3 is 0 Å². The lowest BCUT2D eigenvalue weighted by Gasteiger charge is -2.78. The van der Waals surface area contributed by atoms with Crippen LogP contribution in [0.15, 0.2) is 0 Å². The molecule has 1 heteroatoms. The molecule has 0 nitrogen and oxygen atoms in total. The number of hydrogen-bond acceptors (Lipinski definition) is 0. The Hall–Kier alpha value is -0.400. The fourth-order valence-electron chi connectivity index (χ4n) is 15.6. The van der Waals surface area contributed by atoms with Gasteiger partial charge in [0.1, 0.15) is 0 Å². The smallest absolute Gasteiger partial charge is 0.0333 e. The molecule has 8 unspecified atom stereocenters. The molecule has 0 aromatic rings. The SMILES string of the molecule is C#CC12CC3CC(C1)CC(C14CC5CC(C1)CC(C16CC7CC(Br)(CC(C#C)(C7)C1)C6)(C5)C4)(C3)C2. The average molecular weight is 532 g/mol. The first-order chi connectivity index (χ1) is 16.7. The minimum atomic E-state index is 0.188. The van der Waals surface area contributed by atoms with Crippen LogP contribution in [-0.2, 0) is 0 Å². The van der Waals surface area contributed by atoms with Crippen molar-refractivity contribution in [2.45, 2.75) is 120 Å². The van der Waals surface area contributed by atoms with Gasteiger partial charge in [0.05, 0.1) is 0 Å². The van der Waals surface area contributed by atoms with E-state index >= 15 is 0 Å². The lowest BCUT2D eigenvalue weighted by atomic mass is 9.27. The van der Waals surface area contributed by atoms with Gasteiger partial charge in [-0.1, -0.05) is 27.8 Å². The van der Waals surface area contributed by atoms with Crippen molar-refractivity contribution in [2.24, 2.45) is 62.1 Å². The van der Waals surface area contributed by atoms with Crippen molar-refractivity contribution in [1.82, 2.24) is 0 Å². The second kappa shape index (κ2) is 6.09. The maximum Gasteiger partial charge on any atom is 0.0333 e. The average Bonchev–Trinajstić information content (AvgIpc) is 2.76. The Morgan fingerprint density at radius 3 is 1.49 bits per heavy atom. The van der Waals surface area contributed by atoms with Crippen molar-refractivity contribution in [3.8, 4) is 24.7 Å². The Morgan fingerprint density at radius 2 is 0.914 bits per heavy atom. The highest BCUT2D eigenvalue weighted by Gasteiger charge is 2.75. The summed E-state index contributed by atoms with van der Waals surface area (Å²) in [6, 6.07) is 0. The Morgan fingerprint density at radius 1 is 0.457 bits per heavy atom. The molecule has 0 heterocycles. The van der Waals surface area contributed by atoms with E-state index in [0.29, 0.717) is 26.0 Å². The second-order valence-corrected chi connectivity index (χ2v) is 18.7. The zero-order valence-electron chi connectivity index (χ0n) is 21.6. The van der Waals surface area contributed by atoms with Gasteiger partial charge in [-0.05, 0) is 167 Å². The summed E-state index contributed by atoms with van der Waals surface area (Å²) in [6.07, 6.45) is 39.1. The predicted octanol–water partition coefficient (Wildman–Crippen LogP) is 8.53. The van der Waals surface area contributed by atoms with E-state index in [4.69, 9.17) is 12.8 Å². The molecule has 0 aromatic carbocycles. The number of hydrogen-bond donors (Lipinski definition) is 0. The molecule has 8 atom stereocenters. The highest BCUT2D eigenvalue weighted by molar-refractivity contribution is 9.10. The summed E-state index contributed by atoms with van der Waals surface area (Å²) in [6.45, 7) is 0. The molecular formula is C34H43Br. The van der Waals surface area contributed by atoms with Crippen molar-refractivity contribution in [1.29, 1.82) is 0 Å². The minimum Gasteiger partial charge on any atom is -0.120 e. The first-order valence-corrected chi connectivity index (χ1v) is 16.1. The highest BCUT2D eigenvalue weighted by Crippen LogP contribution is 2.84. The van der Waals surface area contributed by atoms with Crippen LogP contribution in [0.5, 0.6) is 0 Å². The second-order valence-electron chi connectivity index (χ2n) is 17.1. The number of halogens is 1. The molecular weight excluding hydrogens is 488 g/mol. The Bertz CT molecular complexity index is 1070. The van der Waals surface area contributed by atoms with Crippen LogP contribution in [0.4, 0.5) is 0 Å². The zero-order chi connectivity index (χ0) is 23.5. The van der Waals surface area contributed by atoms with E-state index in [1.54, 1.807) is 38.5 Å². The molecule has 186 valence electrons. The first kappa shape index (κ1) is 21.5. The van der Waals surface area contributed by atoms with Gasteiger partial charge in [-0.2, -0.15) is 0 Å². The van der Waals surface area contributed by atoms with Gasteiger partial charge < -0.3 is 0 Å². The molecule has 0 aromatic heterocycles. The predicted molar refractivity (Wildman–Crippen MR) is 144 cm³/mol. The monoisotopic (exact) mass is 530 g/mol. The maximum absolute atomic E-state index is 6.41. The van der Waals surface area contributed by atoms with Crippen LogP contribution in [0, 0.1) is 86.8 Å². The molecule has 0 saturated heterocycles. The van der Waals surface area contributed by atoms with Crippen molar-refractivity contribution >= 4 is 15.9 Å². The van der Waals surface area contributed by atoms with E-state index in [-0.39, 0.29) is 10.8 Å². The van der Waals surface area contributed by atoms with Gasteiger partial charge in [0.25, 0.3) is 0 Å². The fourth-order valence-corrected chi connectivity index (χ4v) is 17.2.